The number of aromatic nitrogens is 2. The number of anilines is 1. The van der Waals surface area contributed by atoms with Gasteiger partial charge in [-0.05, 0) is 30.5 Å². The summed E-state index contributed by atoms with van der Waals surface area (Å²) in [5.74, 6) is 2.41. The van der Waals surface area contributed by atoms with Gasteiger partial charge in [0.15, 0.2) is 0 Å². The van der Waals surface area contributed by atoms with Crippen LogP contribution in [0.5, 0.6) is 5.75 Å². The molecule has 0 aliphatic heterocycles. The molecule has 0 aliphatic carbocycles. The maximum absolute atomic E-state index is 5.27. The van der Waals surface area contributed by atoms with E-state index in [-0.39, 0.29) is 0 Å². The fourth-order valence-corrected chi connectivity index (χ4v) is 2.07. The molecule has 0 atom stereocenters. The Morgan fingerprint density at radius 1 is 1.35 bits per heavy atom. The Kier molecular flexibility index (Phi) is 4.66. The van der Waals surface area contributed by atoms with Crippen molar-refractivity contribution in [3.05, 3.63) is 41.7 Å². The van der Waals surface area contributed by atoms with E-state index in [9.17, 15) is 0 Å². The van der Waals surface area contributed by atoms with E-state index in [1.54, 1.807) is 7.11 Å². The summed E-state index contributed by atoms with van der Waals surface area (Å²) in [6, 6.07) is 8.13. The molecular formula is C16H23N3O. The summed E-state index contributed by atoms with van der Waals surface area (Å²) in [4.78, 5) is 4.54. The number of aryl methyl sites for hydroxylation is 1. The highest BCUT2D eigenvalue weighted by atomic mass is 16.5. The number of methoxy groups -OCH3 is 1. The molecule has 0 aliphatic rings. The van der Waals surface area contributed by atoms with E-state index in [1.165, 1.54) is 5.56 Å². The first kappa shape index (κ1) is 14.4. The maximum atomic E-state index is 5.27. The van der Waals surface area contributed by atoms with Crippen molar-refractivity contribution in [1.29, 1.82) is 0 Å². The average molecular weight is 273 g/mol. The first-order valence-electron chi connectivity index (χ1n) is 6.99. The average Bonchev–Trinajstić information content (AvgIpc) is 2.76. The van der Waals surface area contributed by atoms with Gasteiger partial charge in [0, 0.05) is 12.7 Å². The third-order valence-corrected chi connectivity index (χ3v) is 3.05. The Labute approximate surface area is 120 Å². The largest absolute Gasteiger partial charge is 0.497 e. The van der Waals surface area contributed by atoms with Crippen LogP contribution in [0.4, 0.5) is 5.95 Å². The highest BCUT2D eigenvalue weighted by Gasteiger charge is 2.07. The van der Waals surface area contributed by atoms with E-state index in [1.807, 2.05) is 19.1 Å². The molecule has 0 saturated heterocycles. The topological polar surface area (TPSA) is 39.1 Å². The zero-order valence-corrected chi connectivity index (χ0v) is 12.7. The van der Waals surface area contributed by atoms with Crippen LogP contribution in [0, 0.1) is 12.8 Å². The number of imidazole rings is 1. The second kappa shape index (κ2) is 6.46. The van der Waals surface area contributed by atoms with Gasteiger partial charge in [-0.25, -0.2) is 4.98 Å². The van der Waals surface area contributed by atoms with Crippen LogP contribution >= 0.6 is 0 Å². The number of hydrogen-bond acceptors (Lipinski definition) is 3. The lowest BCUT2D eigenvalue weighted by molar-refractivity contribution is 0.414. The number of benzene rings is 1. The molecule has 20 heavy (non-hydrogen) atoms. The van der Waals surface area contributed by atoms with Crippen molar-refractivity contribution >= 4 is 5.95 Å². The van der Waals surface area contributed by atoms with Crippen molar-refractivity contribution in [2.24, 2.45) is 5.92 Å². The van der Waals surface area contributed by atoms with Gasteiger partial charge in [-0.15, -0.1) is 0 Å². The molecule has 0 spiro atoms. The number of nitrogens with one attached hydrogen (secondary N) is 1. The summed E-state index contributed by atoms with van der Waals surface area (Å²) in [6.07, 6.45) is 2.07. The minimum absolute atomic E-state index is 0.595. The molecule has 4 nitrogen and oxygen atoms in total. The van der Waals surface area contributed by atoms with Crippen molar-refractivity contribution in [3.8, 4) is 5.75 Å². The second-order valence-electron chi connectivity index (χ2n) is 5.46. The number of nitrogens with zero attached hydrogens (tertiary/aromatic N) is 2. The van der Waals surface area contributed by atoms with Crippen LogP contribution in [0.25, 0.3) is 0 Å². The van der Waals surface area contributed by atoms with Crippen molar-refractivity contribution in [2.75, 3.05) is 19.0 Å². The molecule has 2 aromatic rings. The number of hydrogen-bond donors (Lipinski definition) is 1. The fourth-order valence-electron chi connectivity index (χ4n) is 2.07. The fraction of sp³-hybridized carbons (Fsp3) is 0.438. The molecule has 0 unspecified atom stereocenters. The van der Waals surface area contributed by atoms with Crippen LogP contribution in [0.1, 0.15) is 25.1 Å². The molecule has 1 aromatic carbocycles. The van der Waals surface area contributed by atoms with E-state index >= 15 is 0 Å². The van der Waals surface area contributed by atoms with E-state index in [0.717, 1.165) is 30.5 Å². The predicted octanol–water partition coefficient (Wildman–Crippen LogP) is 3.32. The summed E-state index contributed by atoms with van der Waals surface area (Å²) in [6.45, 7) is 8.11. The van der Waals surface area contributed by atoms with Gasteiger partial charge in [0.05, 0.1) is 19.3 Å². The van der Waals surface area contributed by atoms with Crippen LogP contribution in [0.3, 0.4) is 0 Å². The smallest absolute Gasteiger partial charge is 0.203 e. The number of rotatable bonds is 6. The van der Waals surface area contributed by atoms with Gasteiger partial charge in [-0.1, -0.05) is 26.0 Å². The summed E-state index contributed by atoms with van der Waals surface area (Å²) in [5.41, 5.74) is 2.23. The maximum Gasteiger partial charge on any atom is 0.203 e. The normalized spacial score (nSPS) is 10.8. The SMILES string of the molecule is COc1cccc(Cn2cc(C)nc2NCC(C)C)c1. The Morgan fingerprint density at radius 3 is 2.85 bits per heavy atom. The molecule has 0 amide bonds. The Hall–Kier alpha value is -1.97. The van der Waals surface area contributed by atoms with E-state index in [2.05, 4.69) is 47.0 Å². The lowest BCUT2D eigenvalue weighted by Gasteiger charge is -2.12. The Balaban J connectivity index is 2.15. The second-order valence-corrected chi connectivity index (χ2v) is 5.46. The van der Waals surface area contributed by atoms with Crippen molar-refractivity contribution < 1.29 is 4.74 Å². The van der Waals surface area contributed by atoms with E-state index in [4.69, 9.17) is 4.74 Å². The monoisotopic (exact) mass is 273 g/mol. The molecule has 2 rings (SSSR count). The minimum atomic E-state index is 0.595. The molecule has 4 heteroatoms. The first-order valence-corrected chi connectivity index (χ1v) is 6.99. The third-order valence-electron chi connectivity index (χ3n) is 3.05. The van der Waals surface area contributed by atoms with Crippen LogP contribution in [-0.4, -0.2) is 23.2 Å². The molecular weight excluding hydrogens is 250 g/mol. The summed E-state index contributed by atoms with van der Waals surface area (Å²) < 4.78 is 7.41. The van der Waals surface area contributed by atoms with Gasteiger partial charge in [0.1, 0.15) is 5.75 Å². The quantitative estimate of drug-likeness (QED) is 0.877. The summed E-state index contributed by atoms with van der Waals surface area (Å²) in [7, 11) is 1.69. The van der Waals surface area contributed by atoms with Gasteiger partial charge < -0.3 is 14.6 Å². The van der Waals surface area contributed by atoms with Crippen LogP contribution in [0.15, 0.2) is 30.5 Å². The van der Waals surface area contributed by atoms with Gasteiger partial charge >= 0.3 is 0 Å². The van der Waals surface area contributed by atoms with Gasteiger partial charge in [-0.2, -0.15) is 0 Å². The van der Waals surface area contributed by atoms with Crippen LogP contribution in [0.2, 0.25) is 0 Å². The summed E-state index contributed by atoms with van der Waals surface area (Å²) >= 11 is 0. The van der Waals surface area contributed by atoms with E-state index < -0.39 is 0 Å². The molecule has 108 valence electrons. The highest BCUT2D eigenvalue weighted by molar-refractivity contribution is 5.33. The molecule has 0 saturated carbocycles. The molecule has 0 fully saturated rings. The Bertz CT molecular complexity index is 561. The zero-order chi connectivity index (χ0) is 14.5. The number of ether oxygens (including phenoxy) is 1. The molecule has 0 bridgehead atoms. The lowest BCUT2D eigenvalue weighted by Crippen LogP contribution is -2.13. The first-order chi connectivity index (χ1) is 9.58. The molecule has 0 radical (unpaired) electrons. The minimum Gasteiger partial charge on any atom is -0.497 e. The van der Waals surface area contributed by atoms with Crippen molar-refractivity contribution in [3.63, 3.8) is 0 Å². The standard InChI is InChI=1S/C16H23N3O/c1-12(2)9-17-16-18-13(3)10-19(16)11-14-6-5-7-15(8-14)20-4/h5-8,10,12H,9,11H2,1-4H3,(H,17,18). The van der Waals surface area contributed by atoms with Gasteiger partial charge in [-0.3, -0.25) is 0 Å². The van der Waals surface area contributed by atoms with Crippen LogP contribution in [-0.2, 0) is 6.54 Å². The van der Waals surface area contributed by atoms with Crippen molar-refractivity contribution in [1.82, 2.24) is 9.55 Å². The Morgan fingerprint density at radius 2 is 2.15 bits per heavy atom. The third kappa shape index (κ3) is 3.76. The van der Waals surface area contributed by atoms with Gasteiger partial charge in [0.2, 0.25) is 5.95 Å². The van der Waals surface area contributed by atoms with Crippen molar-refractivity contribution in [2.45, 2.75) is 27.3 Å². The molecule has 1 N–H and O–H groups in total. The predicted molar refractivity (Wildman–Crippen MR) is 82.4 cm³/mol. The van der Waals surface area contributed by atoms with E-state index in [0.29, 0.717) is 5.92 Å². The summed E-state index contributed by atoms with van der Waals surface area (Å²) in [5, 5.41) is 3.40. The van der Waals surface area contributed by atoms with Gasteiger partial charge in [0.25, 0.3) is 0 Å². The molecule has 1 aromatic heterocycles. The lowest BCUT2D eigenvalue weighted by atomic mass is 10.2. The molecule has 1 heterocycles. The zero-order valence-electron chi connectivity index (χ0n) is 12.7. The van der Waals surface area contributed by atoms with Crippen LogP contribution < -0.4 is 10.1 Å². The highest BCUT2D eigenvalue weighted by Crippen LogP contribution is 2.16.